The van der Waals surface area contributed by atoms with Crippen molar-refractivity contribution in [3.05, 3.63) is 0 Å². The van der Waals surface area contributed by atoms with Crippen LogP contribution in [0.25, 0.3) is 0 Å². The highest BCUT2D eigenvalue weighted by molar-refractivity contribution is 6.31. The Morgan fingerprint density at radius 2 is 1.77 bits per heavy atom. The van der Waals surface area contributed by atoms with E-state index in [9.17, 15) is 9.59 Å². The van der Waals surface area contributed by atoms with Crippen molar-refractivity contribution in [2.24, 2.45) is 5.92 Å². The Kier molecular flexibility index (Phi) is 8.99. The summed E-state index contributed by atoms with van der Waals surface area (Å²) in [6.45, 7) is 4.19. The molecule has 0 spiro atoms. The summed E-state index contributed by atoms with van der Waals surface area (Å²) in [5.74, 6) is -2.09. The summed E-state index contributed by atoms with van der Waals surface area (Å²) in [5, 5.41) is 10.3. The SMILES string of the molecule is CC(C)CNC(=O)C(=O)O.O=C=O. The lowest BCUT2D eigenvalue weighted by atomic mass is 10.2. The molecule has 2 N–H and O–H groups in total. The monoisotopic (exact) mass is 189 g/mol. The normalized spacial score (nSPS) is 7.92. The molecule has 0 bridgehead atoms. The third kappa shape index (κ3) is 13.3. The number of hydrogen-bond acceptors (Lipinski definition) is 4. The van der Waals surface area contributed by atoms with Crippen molar-refractivity contribution in [3.8, 4) is 0 Å². The van der Waals surface area contributed by atoms with Crippen molar-refractivity contribution in [2.45, 2.75) is 13.8 Å². The molecule has 6 heteroatoms. The van der Waals surface area contributed by atoms with Gasteiger partial charge in [0, 0.05) is 6.54 Å². The van der Waals surface area contributed by atoms with Crippen molar-refractivity contribution >= 4 is 18.0 Å². The predicted molar refractivity (Wildman–Crippen MR) is 40.5 cm³/mol. The second-order valence-electron chi connectivity index (χ2n) is 2.49. The van der Waals surface area contributed by atoms with Crippen LogP contribution in [-0.2, 0) is 19.2 Å². The first-order chi connectivity index (χ1) is 5.95. The first-order valence-electron chi connectivity index (χ1n) is 3.46. The Labute approximate surface area is 74.9 Å². The lowest BCUT2D eigenvalue weighted by Crippen LogP contribution is -2.33. The van der Waals surface area contributed by atoms with Gasteiger partial charge in [-0.1, -0.05) is 13.8 Å². The smallest absolute Gasteiger partial charge is 0.394 e. The lowest BCUT2D eigenvalue weighted by Gasteiger charge is -2.03. The zero-order chi connectivity index (χ0) is 10.9. The first-order valence-corrected chi connectivity index (χ1v) is 3.46. The van der Waals surface area contributed by atoms with E-state index in [-0.39, 0.29) is 12.1 Å². The molecule has 0 aliphatic heterocycles. The molecular weight excluding hydrogens is 178 g/mol. The molecule has 0 rings (SSSR count). The highest BCUT2D eigenvalue weighted by Gasteiger charge is 2.09. The van der Waals surface area contributed by atoms with Gasteiger partial charge in [0.15, 0.2) is 0 Å². The Balaban J connectivity index is 0. The van der Waals surface area contributed by atoms with Crippen molar-refractivity contribution in [2.75, 3.05) is 6.54 Å². The van der Waals surface area contributed by atoms with Crippen molar-refractivity contribution in [3.63, 3.8) is 0 Å². The fraction of sp³-hybridized carbons (Fsp3) is 0.571. The van der Waals surface area contributed by atoms with Crippen LogP contribution in [-0.4, -0.2) is 29.7 Å². The van der Waals surface area contributed by atoms with E-state index in [0.29, 0.717) is 6.54 Å². The number of amides is 1. The average molecular weight is 189 g/mol. The number of carboxylic acid groups (broad SMARTS) is 1. The van der Waals surface area contributed by atoms with E-state index >= 15 is 0 Å². The van der Waals surface area contributed by atoms with Crippen LogP contribution >= 0.6 is 0 Å². The second-order valence-corrected chi connectivity index (χ2v) is 2.49. The maximum Gasteiger partial charge on any atom is 0.394 e. The van der Waals surface area contributed by atoms with Gasteiger partial charge in [0.25, 0.3) is 0 Å². The van der Waals surface area contributed by atoms with Gasteiger partial charge in [-0.05, 0) is 5.92 Å². The molecule has 0 saturated heterocycles. The number of carbonyl (C=O) groups is 2. The van der Waals surface area contributed by atoms with Gasteiger partial charge in [0.05, 0.1) is 0 Å². The molecule has 0 aliphatic rings. The highest BCUT2D eigenvalue weighted by atomic mass is 16.4. The molecule has 0 heterocycles. The van der Waals surface area contributed by atoms with Crippen LogP contribution in [0.5, 0.6) is 0 Å². The largest absolute Gasteiger partial charge is 0.474 e. The molecule has 13 heavy (non-hydrogen) atoms. The summed E-state index contributed by atoms with van der Waals surface area (Å²) in [5.41, 5.74) is 0. The fourth-order valence-corrected chi connectivity index (χ4v) is 0.372. The number of nitrogens with one attached hydrogen (secondary N) is 1. The fourth-order valence-electron chi connectivity index (χ4n) is 0.372. The van der Waals surface area contributed by atoms with Gasteiger partial charge in [-0.2, -0.15) is 9.59 Å². The lowest BCUT2D eigenvalue weighted by molar-refractivity contribution is -0.191. The third-order valence-electron chi connectivity index (χ3n) is 0.865. The quantitative estimate of drug-likeness (QED) is 0.557. The summed E-state index contributed by atoms with van der Waals surface area (Å²) >= 11 is 0. The molecule has 0 saturated carbocycles. The predicted octanol–water partition coefficient (Wildman–Crippen LogP) is -0.740. The minimum absolute atomic E-state index is 0.250. The molecule has 0 radical (unpaired) electrons. The molecule has 0 fully saturated rings. The molecule has 1 amide bonds. The number of hydrogen-bond donors (Lipinski definition) is 2. The topological polar surface area (TPSA) is 101 Å². The van der Waals surface area contributed by atoms with Crippen LogP contribution in [0.2, 0.25) is 0 Å². The van der Waals surface area contributed by atoms with E-state index in [0.717, 1.165) is 0 Å². The van der Waals surface area contributed by atoms with E-state index in [1.807, 2.05) is 13.8 Å². The highest BCUT2D eigenvalue weighted by Crippen LogP contribution is 1.86. The van der Waals surface area contributed by atoms with Gasteiger partial charge in [-0.25, -0.2) is 4.79 Å². The molecule has 0 aromatic rings. The second kappa shape index (κ2) is 8.42. The summed E-state index contributed by atoms with van der Waals surface area (Å²) < 4.78 is 0. The number of carboxylic acids is 1. The summed E-state index contributed by atoms with van der Waals surface area (Å²) in [6.07, 6.45) is 0.250. The molecule has 0 aliphatic carbocycles. The van der Waals surface area contributed by atoms with E-state index in [2.05, 4.69) is 5.32 Å². The molecule has 74 valence electrons. The van der Waals surface area contributed by atoms with E-state index in [1.54, 1.807) is 0 Å². The third-order valence-corrected chi connectivity index (χ3v) is 0.865. The van der Waals surface area contributed by atoms with E-state index in [4.69, 9.17) is 14.7 Å². The zero-order valence-electron chi connectivity index (χ0n) is 7.36. The van der Waals surface area contributed by atoms with Crippen LogP contribution in [0.15, 0.2) is 0 Å². The summed E-state index contributed by atoms with van der Waals surface area (Å²) in [7, 11) is 0. The molecule has 0 aromatic carbocycles. The van der Waals surface area contributed by atoms with Gasteiger partial charge in [-0.15, -0.1) is 0 Å². The maximum atomic E-state index is 10.3. The standard InChI is InChI=1S/C6H11NO3.CO2/c1-4(2)3-7-5(8)6(9)10;2-1-3/h4H,3H2,1-2H3,(H,7,8)(H,9,10);. The van der Waals surface area contributed by atoms with Crippen LogP contribution in [0, 0.1) is 5.92 Å². The Bertz CT molecular complexity index is 205. The Hall–Kier alpha value is -1.68. The Morgan fingerprint density at radius 1 is 1.38 bits per heavy atom. The molecule has 0 aromatic heterocycles. The molecule has 6 nitrogen and oxygen atoms in total. The van der Waals surface area contributed by atoms with Gasteiger partial charge in [0.2, 0.25) is 0 Å². The van der Waals surface area contributed by atoms with Crippen LogP contribution < -0.4 is 5.32 Å². The Morgan fingerprint density at radius 3 is 2.00 bits per heavy atom. The van der Waals surface area contributed by atoms with Crippen LogP contribution in [0.4, 0.5) is 0 Å². The van der Waals surface area contributed by atoms with E-state index < -0.39 is 11.9 Å². The average Bonchev–Trinajstić information content (AvgIpc) is 2.01. The minimum atomic E-state index is -1.43. The summed E-state index contributed by atoms with van der Waals surface area (Å²) in [6, 6.07) is 0. The van der Waals surface area contributed by atoms with Gasteiger partial charge >= 0.3 is 18.0 Å². The molecule has 0 atom stereocenters. The minimum Gasteiger partial charge on any atom is -0.474 e. The van der Waals surface area contributed by atoms with Gasteiger partial charge in [-0.3, -0.25) is 4.79 Å². The van der Waals surface area contributed by atoms with Gasteiger partial charge < -0.3 is 10.4 Å². The van der Waals surface area contributed by atoms with Gasteiger partial charge in [0.1, 0.15) is 0 Å². The van der Waals surface area contributed by atoms with Crippen LogP contribution in [0.1, 0.15) is 13.8 Å². The van der Waals surface area contributed by atoms with Crippen molar-refractivity contribution in [1.82, 2.24) is 5.32 Å². The maximum absolute atomic E-state index is 10.3. The molecule has 0 unspecified atom stereocenters. The van der Waals surface area contributed by atoms with Crippen molar-refractivity contribution in [1.29, 1.82) is 0 Å². The van der Waals surface area contributed by atoms with Crippen LogP contribution in [0.3, 0.4) is 0 Å². The number of aliphatic carboxylic acids is 1. The van der Waals surface area contributed by atoms with E-state index in [1.165, 1.54) is 0 Å². The first kappa shape index (κ1) is 13.9. The molecular formula is C7H11NO5. The van der Waals surface area contributed by atoms with Crippen molar-refractivity contribution < 1.29 is 24.3 Å². The number of rotatable bonds is 2. The summed E-state index contributed by atoms with van der Waals surface area (Å²) in [4.78, 5) is 36.5. The number of carbonyl (C=O) groups excluding carboxylic acids is 3. The zero-order valence-corrected chi connectivity index (χ0v) is 7.36.